The summed E-state index contributed by atoms with van der Waals surface area (Å²) in [6.45, 7) is 6.97. The monoisotopic (exact) mass is 373 g/mol. The molecule has 1 amide bonds. The number of nitrogens with one attached hydrogen (secondary N) is 1. The third-order valence-electron chi connectivity index (χ3n) is 5.06. The van der Waals surface area contributed by atoms with Gasteiger partial charge in [-0.05, 0) is 24.6 Å². The molecule has 1 aromatic heterocycles. The van der Waals surface area contributed by atoms with E-state index in [0.29, 0.717) is 37.8 Å². The van der Waals surface area contributed by atoms with Gasteiger partial charge in [0.05, 0.1) is 13.0 Å². The van der Waals surface area contributed by atoms with E-state index in [4.69, 9.17) is 14.0 Å². The fourth-order valence-corrected chi connectivity index (χ4v) is 3.18. The number of hydrogen-bond acceptors (Lipinski definition) is 6. The van der Waals surface area contributed by atoms with Crippen LogP contribution in [0.4, 0.5) is 0 Å². The molecule has 0 spiro atoms. The number of rotatable bonds is 6. The van der Waals surface area contributed by atoms with Gasteiger partial charge in [-0.2, -0.15) is 4.98 Å². The molecular weight excluding hydrogens is 346 g/mol. The normalized spacial score (nSPS) is 17.5. The van der Waals surface area contributed by atoms with E-state index in [1.54, 1.807) is 7.11 Å². The summed E-state index contributed by atoms with van der Waals surface area (Å²) >= 11 is 0. The number of methoxy groups -OCH3 is 1. The van der Waals surface area contributed by atoms with Gasteiger partial charge in [0.25, 0.3) is 5.89 Å². The van der Waals surface area contributed by atoms with Crippen LogP contribution >= 0.6 is 0 Å². The summed E-state index contributed by atoms with van der Waals surface area (Å²) in [4.78, 5) is 17.6. The van der Waals surface area contributed by atoms with Crippen molar-refractivity contribution in [1.82, 2.24) is 15.5 Å². The Balaban J connectivity index is 1.84. The molecule has 1 aromatic carbocycles. The molecule has 0 aliphatic carbocycles. The standard InChI is InChI=1S/C20H27N3O4/c1-13(2)17-21-19(27-23-17)20(8-10-26-11-9-20)22-18(24)14(3)15-6-5-7-16(12-15)25-4/h5-7,12-14H,8-11H2,1-4H3,(H,22,24). The lowest BCUT2D eigenvalue weighted by molar-refractivity contribution is -0.126. The molecule has 1 aliphatic heterocycles. The van der Waals surface area contributed by atoms with Crippen molar-refractivity contribution in [3.8, 4) is 5.75 Å². The van der Waals surface area contributed by atoms with Crippen molar-refractivity contribution >= 4 is 5.91 Å². The zero-order valence-electron chi connectivity index (χ0n) is 16.3. The number of ether oxygens (including phenoxy) is 2. The summed E-state index contributed by atoms with van der Waals surface area (Å²) < 4.78 is 16.3. The highest BCUT2D eigenvalue weighted by Gasteiger charge is 2.42. The number of benzene rings is 1. The Morgan fingerprint density at radius 3 is 2.63 bits per heavy atom. The molecule has 1 fully saturated rings. The van der Waals surface area contributed by atoms with Crippen LogP contribution in [0.25, 0.3) is 0 Å². The molecule has 1 atom stereocenters. The maximum absolute atomic E-state index is 13.0. The number of carbonyl (C=O) groups is 1. The predicted octanol–water partition coefficient (Wildman–Crippen LogP) is 3.13. The largest absolute Gasteiger partial charge is 0.497 e. The van der Waals surface area contributed by atoms with Crippen molar-refractivity contribution in [1.29, 1.82) is 0 Å². The van der Waals surface area contributed by atoms with Gasteiger partial charge >= 0.3 is 0 Å². The zero-order chi connectivity index (χ0) is 19.4. The Labute approximate surface area is 159 Å². The van der Waals surface area contributed by atoms with Gasteiger partial charge in [0, 0.05) is 32.0 Å². The molecule has 7 heteroatoms. The molecule has 0 bridgehead atoms. The molecule has 7 nitrogen and oxygen atoms in total. The smallest absolute Gasteiger partial charge is 0.252 e. The van der Waals surface area contributed by atoms with Crippen molar-refractivity contribution in [2.24, 2.45) is 0 Å². The Bertz CT molecular complexity index is 781. The minimum absolute atomic E-state index is 0.0885. The third-order valence-corrected chi connectivity index (χ3v) is 5.06. The highest BCUT2D eigenvalue weighted by Crippen LogP contribution is 2.33. The maximum atomic E-state index is 13.0. The van der Waals surface area contributed by atoms with Crippen LogP contribution < -0.4 is 10.1 Å². The Hall–Kier alpha value is -2.41. The van der Waals surface area contributed by atoms with Crippen molar-refractivity contribution in [3.63, 3.8) is 0 Å². The first-order valence-corrected chi connectivity index (χ1v) is 9.33. The number of carbonyl (C=O) groups excluding carboxylic acids is 1. The van der Waals surface area contributed by atoms with Gasteiger partial charge < -0.3 is 19.3 Å². The number of amides is 1. The van der Waals surface area contributed by atoms with Crippen LogP contribution in [0.3, 0.4) is 0 Å². The first-order chi connectivity index (χ1) is 12.9. The zero-order valence-corrected chi connectivity index (χ0v) is 16.3. The number of hydrogen-bond donors (Lipinski definition) is 1. The summed E-state index contributed by atoms with van der Waals surface area (Å²) in [5, 5.41) is 7.25. The SMILES string of the molecule is COc1cccc(C(C)C(=O)NC2(c3nc(C(C)C)no3)CCOCC2)c1. The molecule has 1 aliphatic rings. The molecule has 0 radical (unpaired) electrons. The molecule has 3 rings (SSSR count). The van der Waals surface area contributed by atoms with E-state index in [0.717, 1.165) is 11.3 Å². The lowest BCUT2D eigenvalue weighted by Gasteiger charge is -2.35. The first-order valence-electron chi connectivity index (χ1n) is 9.33. The topological polar surface area (TPSA) is 86.5 Å². The first kappa shape index (κ1) is 19.4. The van der Waals surface area contributed by atoms with Crippen LogP contribution in [0.1, 0.15) is 62.7 Å². The van der Waals surface area contributed by atoms with Crippen LogP contribution in [0, 0.1) is 0 Å². The highest BCUT2D eigenvalue weighted by atomic mass is 16.5. The number of nitrogens with zero attached hydrogens (tertiary/aromatic N) is 2. The van der Waals surface area contributed by atoms with Gasteiger partial charge in [-0.15, -0.1) is 0 Å². The summed E-state index contributed by atoms with van der Waals surface area (Å²) in [6.07, 6.45) is 1.20. The minimum Gasteiger partial charge on any atom is -0.497 e. The molecular formula is C20H27N3O4. The number of aromatic nitrogens is 2. The van der Waals surface area contributed by atoms with Crippen LogP contribution in [0.5, 0.6) is 5.75 Å². The molecule has 146 valence electrons. The average molecular weight is 373 g/mol. The molecule has 2 heterocycles. The molecule has 1 unspecified atom stereocenters. The van der Waals surface area contributed by atoms with Gasteiger partial charge in [-0.3, -0.25) is 4.79 Å². The Kier molecular flexibility index (Phi) is 5.79. The molecule has 2 aromatic rings. The van der Waals surface area contributed by atoms with Crippen LogP contribution in [0.2, 0.25) is 0 Å². The fourth-order valence-electron chi connectivity index (χ4n) is 3.18. The van der Waals surface area contributed by atoms with Gasteiger partial charge in [0.15, 0.2) is 5.82 Å². The van der Waals surface area contributed by atoms with Gasteiger partial charge in [0.1, 0.15) is 11.3 Å². The summed E-state index contributed by atoms with van der Waals surface area (Å²) in [6, 6.07) is 7.55. The summed E-state index contributed by atoms with van der Waals surface area (Å²) in [7, 11) is 1.61. The summed E-state index contributed by atoms with van der Waals surface area (Å²) in [5.74, 6) is 1.56. The van der Waals surface area contributed by atoms with Crippen LogP contribution in [-0.2, 0) is 15.1 Å². The Morgan fingerprint density at radius 2 is 2.00 bits per heavy atom. The van der Waals surface area contributed by atoms with Crippen molar-refractivity contribution in [2.45, 2.75) is 51.0 Å². The van der Waals surface area contributed by atoms with E-state index in [-0.39, 0.29) is 17.7 Å². The molecule has 1 saturated heterocycles. The minimum atomic E-state index is -0.692. The average Bonchev–Trinajstić information content (AvgIpc) is 3.19. The fraction of sp³-hybridized carbons (Fsp3) is 0.550. The predicted molar refractivity (Wildman–Crippen MR) is 99.7 cm³/mol. The lowest BCUT2D eigenvalue weighted by atomic mass is 9.88. The van der Waals surface area contributed by atoms with Gasteiger partial charge in [-0.25, -0.2) is 0 Å². The second-order valence-electron chi connectivity index (χ2n) is 7.29. The maximum Gasteiger partial charge on any atom is 0.252 e. The van der Waals surface area contributed by atoms with Crippen LogP contribution in [-0.4, -0.2) is 36.4 Å². The van der Waals surface area contributed by atoms with Crippen LogP contribution in [0.15, 0.2) is 28.8 Å². The van der Waals surface area contributed by atoms with Crippen molar-refractivity contribution < 1.29 is 18.8 Å². The molecule has 1 N–H and O–H groups in total. The van der Waals surface area contributed by atoms with Crippen molar-refractivity contribution in [3.05, 3.63) is 41.5 Å². The van der Waals surface area contributed by atoms with Gasteiger partial charge in [-0.1, -0.05) is 31.1 Å². The van der Waals surface area contributed by atoms with E-state index >= 15 is 0 Å². The third kappa shape index (κ3) is 4.13. The van der Waals surface area contributed by atoms with E-state index < -0.39 is 5.54 Å². The Morgan fingerprint density at radius 1 is 1.26 bits per heavy atom. The van der Waals surface area contributed by atoms with E-state index in [2.05, 4.69) is 15.5 Å². The van der Waals surface area contributed by atoms with Crippen molar-refractivity contribution in [2.75, 3.05) is 20.3 Å². The molecule has 27 heavy (non-hydrogen) atoms. The second-order valence-corrected chi connectivity index (χ2v) is 7.29. The quantitative estimate of drug-likeness (QED) is 0.837. The van der Waals surface area contributed by atoms with E-state index in [1.807, 2.05) is 45.0 Å². The summed E-state index contributed by atoms with van der Waals surface area (Å²) in [5.41, 5.74) is 0.199. The second kappa shape index (κ2) is 8.08. The molecule has 0 saturated carbocycles. The lowest BCUT2D eigenvalue weighted by Crippen LogP contribution is -2.50. The van der Waals surface area contributed by atoms with E-state index in [9.17, 15) is 4.79 Å². The van der Waals surface area contributed by atoms with Gasteiger partial charge in [0.2, 0.25) is 5.91 Å². The highest BCUT2D eigenvalue weighted by molar-refractivity contribution is 5.84. The van der Waals surface area contributed by atoms with E-state index in [1.165, 1.54) is 0 Å².